The smallest absolute Gasteiger partial charge is 0.350 e. The first-order valence-electron chi connectivity index (χ1n) is 6.26. The number of hydrogen-bond acceptors (Lipinski definition) is 5. The largest absolute Gasteiger partial charge is 0.427 e. The van der Waals surface area contributed by atoms with Crippen molar-refractivity contribution < 1.29 is 14.0 Å². The molecule has 3 rings (SSSR count). The quantitative estimate of drug-likeness (QED) is 0.820. The van der Waals surface area contributed by atoms with Crippen LogP contribution in [-0.4, -0.2) is 11.7 Å². The molecule has 5 nitrogen and oxygen atoms in total. The molecule has 0 saturated carbocycles. The number of fused-ring (bicyclic) bond motifs is 2. The molecule has 1 aromatic heterocycles. The maximum Gasteiger partial charge on any atom is 0.350 e. The second kappa shape index (κ2) is 4.89. The number of anilines is 1. The molecule has 0 atom stereocenters. The Morgan fingerprint density at radius 3 is 2.67 bits per heavy atom. The fourth-order valence-corrected chi connectivity index (χ4v) is 3.54. The van der Waals surface area contributed by atoms with E-state index >= 15 is 0 Å². The van der Waals surface area contributed by atoms with Gasteiger partial charge in [0.1, 0.15) is 11.3 Å². The Hall–Kier alpha value is -2.34. The van der Waals surface area contributed by atoms with Crippen molar-refractivity contribution in [1.82, 2.24) is 0 Å². The maximum atomic E-state index is 12.3. The lowest BCUT2D eigenvalue weighted by Gasteiger charge is -2.09. The number of nitrogens with one attached hydrogen (secondary N) is 1. The Morgan fingerprint density at radius 2 is 1.95 bits per heavy atom. The predicted octanol–water partition coefficient (Wildman–Crippen LogP) is 2.87. The first-order valence-corrected chi connectivity index (χ1v) is 7.07. The number of Topliss-reactive ketones (excluding diaryl/α,β-unsaturated/α-hetero) is 1. The highest BCUT2D eigenvalue weighted by atomic mass is 32.2. The van der Waals surface area contributed by atoms with E-state index in [4.69, 9.17) is 4.42 Å². The van der Waals surface area contributed by atoms with Gasteiger partial charge in [0.25, 0.3) is 5.91 Å². The van der Waals surface area contributed by atoms with Gasteiger partial charge < -0.3 is 9.73 Å². The van der Waals surface area contributed by atoms with Crippen molar-refractivity contribution >= 4 is 29.1 Å². The van der Waals surface area contributed by atoms with Crippen molar-refractivity contribution in [1.29, 1.82) is 0 Å². The van der Waals surface area contributed by atoms with Gasteiger partial charge in [-0.25, -0.2) is 4.79 Å². The van der Waals surface area contributed by atoms with Crippen molar-refractivity contribution in [2.75, 3.05) is 5.32 Å². The SMILES string of the molecule is CC(=O)c1c(C)oc(=O)c2c1Sc1ccccc1NC2=O. The summed E-state index contributed by atoms with van der Waals surface area (Å²) < 4.78 is 5.04. The Bertz CT molecular complexity index is 838. The average Bonchev–Trinajstić information content (AvgIpc) is 2.53. The van der Waals surface area contributed by atoms with Crippen molar-refractivity contribution in [3.05, 3.63) is 51.6 Å². The number of hydrogen-bond donors (Lipinski definition) is 1. The van der Waals surface area contributed by atoms with Crippen LogP contribution in [0, 0.1) is 6.92 Å². The summed E-state index contributed by atoms with van der Waals surface area (Å²) in [5.74, 6) is -0.572. The molecule has 6 heteroatoms. The fourth-order valence-electron chi connectivity index (χ4n) is 2.28. The van der Waals surface area contributed by atoms with Crippen LogP contribution < -0.4 is 10.9 Å². The van der Waals surface area contributed by atoms with E-state index in [1.165, 1.54) is 18.7 Å². The molecule has 2 aromatic rings. The first-order chi connectivity index (χ1) is 9.99. The average molecular weight is 301 g/mol. The molecule has 0 fully saturated rings. The van der Waals surface area contributed by atoms with E-state index in [2.05, 4.69) is 5.32 Å². The Balaban J connectivity index is 2.36. The Labute approximate surface area is 124 Å². The summed E-state index contributed by atoms with van der Waals surface area (Å²) in [5.41, 5.74) is 0.0361. The minimum atomic E-state index is -0.731. The number of aryl methyl sites for hydroxylation is 1. The number of carbonyl (C=O) groups is 2. The molecule has 21 heavy (non-hydrogen) atoms. The summed E-state index contributed by atoms with van der Waals surface area (Å²) in [6, 6.07) is 7.18. The fraction of sp³-hybridized carbons (Fsp3) is 0.133. The second-order valence-corrected chi connectivity index (χ2v) is 5.69. The number of amides is 1. The summed E-state index contributed by atoms with van der Waals surface area (Å²) in [6.45, 7) is 2.94. The van der Waals surface area contributed by atoms with E-state index in [1.807, 2.05) is 12.1 Å². The molecule has 0 unspecified atom stereocenters. The van der Waals surface area contributed by atoms with E-state index in [0.717, 1.165) is 4.90 Å². The van der Waals surface area contributed by atoms with E-state index in [9.17, 15) is 14.4 Å². The number of rotatable bonds is 1. The van der Waals surface area contributed by atoms with E-state index < -0.39 is 11.5 Å². The minimum Gasteiger partial charge on any atom is -0.427 e. The monoisotopic (exact) mass is 301 g/mol. The van der Waals surface area contributed by atoms with Gasteiger partial charge in [-0.15, -0.1) is 0 Å². The minimum absolute atomic E-state index is 0.119. The molecule has 2 heterocycles. The lowest BCUT2D eigenvalue weighted by molar-refractivity contribution is 0.100. The Kier molecular flexibility index (Phi) is 3.17. The highest BCUT2D eigenvalue weighted by molar-refractivity contribution is 7.99. The standard InChI is InChI=1S/C15H11NO4S/c1-7(17)11-8(2)20-15(19)12-13(11)21-10-6-4-3-5-9(10)16-14(12)18/h3-6H,1-2H3,(H,16,18). The zero-order valence-electron chi connectivity index (χ0n) is 11.4. The summed E-state index contributed by atoms with van der Waals surface area (Å²) in [5, 5.41) is 2.67. The number of carbonyl (C=O) groups excluding carboxylic acids is 2. The lowest BCUT2D eigenvalue weighted by atomic mass is 10.1. The van der Waals surface area contributed by atoms with Crippen LogP contribution in [0.25, 0.3) is 0 Å². The molecular formula is C15H11NO4S. The predicted molar refractivity (Wildman–Crippen MR) is 78.2 cm³/mol. The third-order valence-electron chi connectivity index (χ3n) is 3.18. The van der Waals surface area contributed by atoms with E-state index in [-0.39, 0.29) is 22.7 Å². The van der Waals surface area contributed by atoms with Gasteiger partial charge in [0.2, 0.25) is 0 Å². The van der Waals surface area contributed by atoms with Crippen molar-refractivity contribution in [2.45, 2.75) is 23.6 Å². The van der Waals surface area contributed by atoms with Gasteiger partial charge in [-0.2, -0.15) is 0 Å². The maximum absolute atomic E-state index is 12.3. The van der Waals surface area contributed by atoms with Gasteiger partial charge >= 0.3 is 5.63 Å². The molecule has 1 N–H and O–H groups in total. The van der Waals surface area contributed by atoms with Crippen LogP contribution in [0.5, 0.6) is 0 Å². The van der Waals surface area contributed by atoms with Gasteiger partial charge in [-0.3, -0.25) is 9.59 Å². The number of para-hydroxylation sites is 1. The van der Waals surface area contributed by atoms with Crippen LogP contribution in [0.3, 0.4) is 0 Å². The topological polar surface area (TPSA) is 76.4 Å². The van der Waals surface area contributed by atoms with Crippen LogP contribution in [-0.2, 0) is 0 Å². The van der Waals surface area contributed by atoms with Gasteiger partial charge in [-0.05, 0) is 26.0 Å². The van der Waals surface area contributed by atoms with Gasteiger partial charge in [-0.1, -0.05) is 23.9 Å². The molecule has 106 valence electrons. The number of ketones is 1. The second-order valence-electron chi connectivity index (χ2n) is 4.63. The third kappa shape index (κ3) is 2.17. The molecule has 1 aliphatic rings. The normalized spacial score (nSPS) is 13.0. The van der Waals surface area contributed by atoms with Gasteiger partial charge in [0.05, 0.1) is 11.3 Å². The van der Waals surface area contributed by atoms with Gasteiger partial charge in [0.15, 0.2) is 5.78 Å². The van der Waals surface area contributed by atoms with Crippen LogP contribution in [0.4, 0.5) is 5.69 Å². The molecule has 0 saturated heterocycles. The molecule has 0 aliphatic carbocycles. The molecule has 1 amide bonds. The van der Waals surface area contributed by atoms with E-state index in [1.54, 1.807) is 19.1 Å². The molecule has 1 aliphatic heterocycles. The van der Waals surface area contributed by atoms with Crippen molar-refractivity contribution in [3.63, 3.8) is 0 Å². The highest BCUT2D eigenvalue weighted by Crippen LogP contribution is 2.40. The molecule has 0 spiro atoms. The molecule has 0 radical (unpaired) electrons. The van der Waals surface area contributed by atoms with Crippen molar-refractivity contribution in [2.24, 2.45) is 0 Å². The third-order valence-corrected chi connectivity index (χ3v) is 4.37. The Morgan fingerprint density at radius 1 is 1.24 bits per heavy atom. The highest BCUT2D eigenvalue weighted by Gasteiger charge is 2.29. The van der Waals surface area contributed by atoms with Crippen LogP contribution in [0.15, 0.2) is 43.3 Å². The van der Waals surface area contributed by atoms with Gasteiger partial charge in [0, 0.05) is 9.79 Å². The van der Waals surface area contributed by atoms with Crippen LogP contribution in [0.2, 0.25) is 0 Å². The van der Waals surface area contributed by atoms with Crippen molar-refractivity contribution in [3.8, 4) is 0 Å². The first kappa shape index (κ1) is 13.6. The molecule has 1 aromatic carbocycles. The summed E-state index contributed by atoms with van der Waals surface area (Å²) in [6.07, 6.45) is 0. The summed E-state index contributed by atoms with van der Waals surface area (Å²) in [7, 11) is 0. The van der Waals surface area contributed by atoms with E-state index in [0.29, 0.717) is 10.6 Å². The lowest BCUT2D eigenvalue weighted by Crippen LogP contribution is -2.23. The molecule has 0 bridgehead atoms. The summed E-state index contributed by atoms with van der Waals surface area (Å²) >= 11 is 1.23. The van der Waals surface area contributed by atoms with Crippen LogP contribution >= 0.6 is 11.8 Å². The number of benzene rings is 1. The molecular weight excluding hydrogens is 290 g/mol. The summed E-state index contributed by atoms with van der Waals surface area (Å²) in [4.78, 5) is 37.3. The zero-order chi connectivity index (χ0) is 15.1. The van der Waals surface area contributed by atoms with Crippen LogP contribution in [0.1, 0.15) is 33.4 Å². The zero-order valence-corrected chi connectivity index (χ0v) is 12.2.